The van der Waals surface area contributed by atoms with Crippen molar-refractivity contribution in [3.8, 4) is 67.9 Å². The standard InChI is InChI=1S/C49H29N7/c1-50-40-30-38-41(46-45(40)52-43(31-17-6-2-7-18-31)44(53-46)32-19-8-3-9-20-32)37-27-14-15-28-39(37)51-42(38)35-25-16-26-36(29-35)49-55-47(33-21-10-4-11-22-33)54-48(56-49)34-23-12-5-13-24-34/h2-30H. The van der Waals surface area contributed by atoms with Crippen LogP contribution in [0.3, 0.4) is 0 Å². The van der Waals surface area contributed by atoms with Crippen LogP contribution in [-0.4, -0.2) is 29.9 Å². The molecule has 0 bridgehead atoms. The third kappa shape index (κ3) is 5.79. The summed E-state index contributed by atoms with van der Waals surface area (Å²) in [5, 5.41) is 2.63. The summed E-state index contributed by atoms with van der Waals surface area (Å²) in [7, 11) is 0. The molecule has 3 aromatic heterocycles. The molecule has 7 heteroatoms. The second-order valence-corrected chi connectivity index (χ2v) is 13.4. The first kappa shape index (κ1) is 32.7. The Morgan fingerprint density at radius 3 is 1.38 bits per heavy atom. The Hall–Kier alpha value is -7.95. The largest absolute Gasteiger partial charge is 0.255 e. The molecule has 0 fully saturated rings. The van der Waals surface area contributed by atoms with Crippen molar-refractivity contribution in [3.63, 3.8) is 0 Å². The van der Waals surface area contributed by atoms with E-state index >= 15 is 0 Å². The minimum atomic E-state index is 0.406. The van der Waals surface area contributed by atoms with Gasteiger partial charge in [-0.3, -0.25) is 4.98 Å². The smallest absolute Gasteiger partial charge is 0.215 e. The fraction of sp³-hybridized carbons (Fsp3) is 0. The molecule has 10 aromatic rings. The molecular formula is C49H29N7. The van der Waals surface area contributed by atoms with E-state index < -0.39 is 0 Å². The van der Waals surface area contributed by atoms with Gasteiger partial charge in [0.1, 0.15) is 0 Å². The van der Waals surface area contributed by atoms with Gasteiger partial charge < -0.3 is 0 Å². The molecule has 0 amide bonds. The topological polar surface area (TPSA) is 81.7 Å². The molecule has 0 N–H and O–H groups in total. The van der Waals surface area contributed by atoms with E-state index in [4.69, 9.17) is 36.5 Å². The van der Waals surface area contributed by atoms with E-state index in [0.29, 0.717) is 34.2 Å². The minimum Gasteiger partial charge on any atom is -0.255 e. The van der Waals surface area contributed by atoms with Crippen LogP contribution in [0.4, 0.5) is 5.69 Å². The Kier molecular flexibility index (Phi) is 8.05. The van der Waals surface area contributed by atoms with Crippen molar-refractivity contribution in [2.45, 2.75) is 0 Å². The molecule has 0 aliphatic heterocycles. The first-order chi connectivity index (χ1) is 27.7. The lowest BCUT2D eigenvalue weighted by molar-refractivity contribution is 1.07. The molecule has 0 aliphatic rings. The summed E-state index contributed by atoms with van der Waals surface area (Å²) in [4.78, 5) is 34.8. The summed E-state index contributed by atoms with van der Waals surface area (Å²) in [6.07, 6.45) is 0. The van der Waals surface area contributed by atoms with Crippen LogP contribution in [0.15, 0.2) is 176 Å². The molecule has 7 nitrogen and oxygen atoms in total. The molecule has 0 aliphatic carbocycles. The lowest BCUT2D eigenvalue weighted by Crippen LogP contribution is -2.00. The molecule has 260 valence electrons. The Morgan fingerprint density at radius 2 is 0.804 bits per heavy atom. The van der Waals surface area contributed by atoms with Crippen molar-refractivity contribution in [1.29, 1.82) is 0 Å². The Morgan fingerprint density at radius 1 is 0.339 bits per heavy atom. The van der Waals surface area contributed by atoms with E-state index in [-0.39, 0.29) is 0 Å². The lowest BCUT2D eigenvalue weighted by Gasteiger charge is -2.16. The van der Waals surface area contributed by atoms with Gasteiger partial charge in [-0.1, -0.05) is 158 Å². The van der Waals surface area contributed by atoms with E-state index in [0.717, 1.165) is 72.1 Å². The summed E-state index contributed by atoms with van der Waals surface area (Å²) in [5.74, 6) is 1.72. The molecule has 56 heavy (non-hydrogen) atoms. The summed E-state index contributed by atoms with van der Waals surface area (Å²) < 4.78 is 0. The quantitative estimate of drug-likeness (QED) is 0.126. The maximum atomic E-state index is 8.37. The van der Waals surface area contributed by atoms with Crippen LogP contribution >= 0.6 is 0 Å². The molecule has 0 spiro atoms. The minimum absolute atomic E-state index is 0.406. The molecule has 3 heterocycles. The second kappa shape index (κ2) is 13.8. The highest BCUT2D eigenvalue weighted by Crippen LogP contribution is 2.43. The van der Waals surface area contributed by atoms with Crippen molar-refractivity contribution in [2.24, 2.45) is 0 Å². The van der Waals surface area contributed by atoms with E-state index in [1.807, 2.05) is 164 Å². The van der Waals surface area contributed by atoms with Crippen molar-refractivity contribution >= 4 is 38.4 Å². The van der Waals surface area contributed by atoms with Crippen LogP contribution in [0.2, 0.25) is 0 Å². The van der Waals surface area contributed by atoms with Crippen molar-refractivity contribution < 1.29 is 0 Å². The number of nitrogens with zero attached hydrogens (tertiary/aromatic N) is 7. The van der Waals surface area contributed by atoms with Gasteiger partial charge in [0.2, 0.25) is 5.69 Å². The predicted molar refractivity (Wildman–Crippen MR) is 225 cm³/mol. The Balaban J connectivity index is 1.23. The zero-order valence-electron chi connectivity index (χ0n) is 29.9. The number of hydrogen-bond acceptors (Lipinski definition) is 6. The van der Waals surface area contributed by atoms with E-state index in [1.165, 1.54) is 0 Å². The molecule has 10 rings (SSSR count). The SMILES string of the molecule is [C-]#[N+]c1cc2c(-c3cccc(-c4nc(-c5ccccc5)nc(-c5ccccc5)n4)c3)nc3ccccc3c2c2nc(-c3ccccc3)c(-c3ccccc3)nc12. The van der Waals surface area contributed by atoms with E-state index in [2.05, 4.69) is 17.0 Å². The number of hydrogen-bond donors (Lipinski definition) is 0. The number of rotatable bonds is 6. The molecular weight excluding hydrogens is 687 g/mol. The lowest BCUT2D eigenvalue weighted by atomic mass is 9.96. The number of fused-ring (bicyclic) bond motifs is 5. The number of para-hydroxylation sites is 1. The fourth-order valence-corrected chi connectivity index (χ4v) is 7.26. The number of aromatic nitrogens is 6. The summed E-state index contributed by atoms with van der Waals surface area (Å²) in [6, 6.07) is 58.2. The summed E-state index contributed by atoms with van der Waals surface area (Å²) >= 11 is 0. The first-order valence-corrected chi connectivity index (χ1v) is 18.2. The fourth-order valence-electron chi connectivity index (χ4n) is 7.26. The highest BCUT2D eigenvalue weighted by molar-refractivity contribution is 6.23. The van der Waals surface area contributed by atoms with Crippen molar-refractivity contribution in [2.75, 3.05) is 0 Å². The van der Waals surface area contributed by atoms with Crippen molar-refractivity contribution in [3.05, 3.63) is 187 Å². The van der Waals surface area contributed by atoms with Crippen LogP contribution in [0.5, 0.6) is 0 Å². The van der Waals surface area contributed by atoms with Crippen molar-refractivity contribution in [1.82, 2.24) is 29.9 Å². The van der Waals surface area contributed by atoms with E-state index in [9.17, 15) is 0 Å². The van der Waals surface area contributed by atoms with Gasteiger partial charge in [-0.05, 0) is 18.2 Å². The van der Waals surface area contributed by atoms with Crippen LogP contribution < -0.4 is 0 Å². The molecule has 0 saturated carbocycles. The summed E-state index contributed by atoms with van der Waals surface area (Å²) in [6.45, 7) is 8.37. The average Bonchev–Trinajstić information content (AvgIpc) is 3.29. The van der Waals surface area contributed by atoms with Gasteiger partial charge in [-0.15, -0.1) is 0 Å². The Labute approximate surface area is 322 Å². The average molecular weight is 716 g/mol. The third-order valence-corrected chi connectivity index (χ3v) is 9.89. The third-order valence-electron chi connectivity index (χ3n) is 9.89. The van der Waals surface area contributed by atoms with Gasteiger partial charge in [0, 0.05) is 49.5 Å². The van der Waals surface area contributed by atoms with Gasteiger partial charge in [-0.2, -0.15) is 0 Å². The molecule has 0 unspecified atom stereocenters. The number of benzene rings is 7. The molecule has 0 saturated heterocycles. The van der Waals surface area contributed by atoms with Crippen LogP contribution in [-0.2, 0) is 0 Å². The van der Waals surface area contributed by atoms with Gasteiger partial charge in [0.15, 0.2) is 17.5 Å². The van der Waals surface area contributed by atoms with Crippen LogP contribution in [0.1, 0.15) is 0 Å². The zero-order valence-corrected chi connectivity index (χ0v) is 29.9. The number of pyridine rings is 1. The maximum absolute atomic E-state index is 8.37. The Bertz CT molecular complexity index is 3070. The van der Waals surface area contributed by atoms with E-state index in [1.54, 1.807) is 0 Å². The van der Waals surface area contributed by atoms with Crippen LogP contribution in [0.25, 0.3) is 105 Å². The zero-order chi connectivity index (χ0) is 37.4. The predicted octanol–water partition coefficient (Wildman–Crippen LogP) is 12.1. The summed E-state index contributed by atoms with van der Waals surface area (Å²) in [5.41, 5.74) is 9.95. The van der Waals surface area contributed by atoms with Gasteiger partial charge >= 0.3 is 0 Å². The van der Waals surface area contributed by atoms with Gasteiger partial charge in [-0.25, -0.2) is 29.8 Å². The molecule has 0 atom stereocenters. The van der Waals surface area contributed by atoms with Gasteiger partial charge in [0.05, 0.1) is 40.2 Å². The molecule has 7 aromatic carbocycles. The first-order valence-electron chi connectivity index (χ1n) is 18.2. The van der Waals surface area contributed by atoms with Crippen LogP contribution in [0, 0.1) is 6.57 Å². The highest BCUT2D eigenvalue weighted by Gasteiger charge is 2.22. The second-order valence-electron chi connectivity index (χ2n) is 13.4. The highest BCUT2D eigenvalue weighted by atomic mass is 15.0. The monoisotopic (exact) mass is 715 g/mol. The normalized spacial score (nSPS) is 11.2. The maximum Gasteiger partial charge on any atom is 0.215 e. The van der Waals surface area contributed by atoms with Gasteiger partial charge in [0.25, 0.3) is 0 Å². The molecule has 0 radical (unpaired) electrons.